The summed E-state index contributed by atoms with van der Waals surface area (Å²) in [6.07, 6.45) is 3.88. The summed E-state index contributed by atoms with van der Waals surface area (Å²) in [5.41, 5.74) is -0.0269. The number of carbonyl (C=O) groups excluding carboxylic acids is 4. The number of amides is 5. The van der Waals surface area contributed by atoms with Crippen LogP contribution in [-0.4, -0.2) is 67.0 Å². The molecule has 3 fully saturated rings. The Morgan fingerprint density at radius 2 is 1.88 bits per heavy atom. The number of hydrogen-bond acceptors (Lipinski definition) is 6. The van der Waals surface area contributed by atoms with Crippen molar-refractivity contribution in [3.8, 4) is 11.5 Å². The number of anilines is 1. The van der Waals surface area contributed by atoms with Gasteiger partial charge in [-0.15, -0.1) is 0 Å². The number of urea groups is 1. The number of nitrogens with zero attached hydrogens (tertiary/aromatic N) is 2. The smallest absolute Gasteiger partial charge is 0.325 e. The molecule has 0 aromatic heterocycles. The summed E-state index contributed by atoms with van der Waals surface area (Å²) < 4.78 is 11.1. The summed E-state index contributed by atoms with van der Waals surface area (Å²) in [4.78, 5) is 52.9. The van der Waals surface area contributed by atoms with Gasteiger partial charge < -0.3 is 25.0 Å². The van der Waals surface area contributed by atoms with Crippen molar-refractivity contribution in [1.82, 2.24) is 15.5 Å². The fourth-order valence-electron chi connectivity index (χ4n) is 5.12. The maximum atomic E-state index is 12.7. The molecule has 2 N–H and O–H groups in total. The van der Waals surface area contributed by atoms with E-state index < -0.39 is 11.5 Å². The molecule has 1 spiro atoms. The second kappa shape index (κ2) is 8.57. The van der Waals surface area contributed by atoms with Crippen LogP contribution >= 0.6 is 0 Å². The Morgan fingerprint density at radius 3 is 2.67 bits per heavy atom. The summed E-state index contributed by atoms with van der Waals surface area (Å²) in [6, 6.07) is 4.99. The largest absolute Gasteiger partial charge is 0.486 e. The Morgan fingerprint density at radius 1 is 1.12 bits per heavy atom. The van der Waals surface area contributed by atoms with Gasteiger partial charge in [-0.2, -0.15) is 0 Å². The van der Waals surface area contributed by atoms with Gasteiger partial charge in [0.05, 0.1) is 5.92 Å². The molecule has 3 aliphatic heterocycles. The third-order valence-electron chi connectivity index (χ3n) is 6.89. The van der Waals surface area contributed by atoms with E-state index >= 15 is 0 Å². The highest BCUT2D eigenvalue weighted by atomic mass is 16.6. The van der Waals surface area contributed by atoms with Gasteiger partial charge in [0.25, 0.3) is 5.91 Å². The number of carbonyl (C=O) groups is 4. The van der Waals surface area contributed by atoms with Crippen molar-refractivity contribution in [2.75, 3.05) is 37.7 Å². The van der Waals surface area contributed by atoms with E-state index in [-0.39, 0.29) is 36.7 Å². The van der Waals surface area contributed by atoms with E-state index in [1.165, 1.54) is 4.90 Å². The molecule has 2 saturated heterocycles. The zero-order chi connectivity index (χ0) is 23.0. The van der Waals surface area contributed by atoms with Crippen LogP contribution in [0, 0.1) is 5.92 Å². The van der Waals surface area contributed by atoms with E-state index in [1.54, 1.807) is 23.1 Å². The fraction of sp³-hybridized carbons (Fsp3) is 0.565. The summed E-state index contributed by atoms with van der Waals surface area (Å²) in [7, 11) is 0. The van der Waals surface area contributed by atoms with Crippen molar-refractivity contribution in [3.63, 3.8) is 0 Å². The Bertz CT molecular complexity index is 989. The number of hydrogen-bond donors (Lipinski definition) is 2. The Balaban J connectivity index is 1.11. The van der Waals surface area contributed by atoms with Gasteiger partial charge >= 0.3 is 6.03 Å². The molecular weight excluding hydrogens is 428 g/mol. The zero-order valence-electron chi connectivity index (χ0n) is 18.4. The summed E-state index contributed by atoms with van der Waals surface area (Å²) in [5.74, 6) is 0.326. The molecule has 176 valence electrons. The molecule has 1 aliphatic carbocycles. The lowest BCUT2D eigenvalue weighted by Crippen LogP contribution is -2.44. The van der Waals surface area contributed by atoms with Gasteiger partial charge in [0, 0.05) is 37.8 Å². The second-order valence-electron chi connectivity index (χ2n) is 9.05. The molecule has 10 heteroatoms. The minimum atomic E-state index is -0.706. The highest BCUT2D eigenvalue weighted by molar-refractivity contribution is 6.07. The van der Waals surface area contributed by atoms with Crippen molar-refractivity contribution in [3.05, 3.63) is 18.2 Å². The van der Waals surface area contributed by atoms with Crippen molar-refractivity contribution < 1.29 is 28.7 Å². The van der Waals surface area contributed by atoms with E-state index in [0.29, 0.717) is 62.8 Å². The molecule has 0 radical (unpaired) electrons. The van der Waals surface area contributed by atoms with Crippen molar-refractivity contribution in [1.29, 1.82) is 0 Å². The van der Waals surface area contributed by atoms with Gasteiger partial charge in [-0.25, -0.2) is 4.79 Å². The molecule has 1 aromatic rings. The highest BCUT2D eigenvalue weighted by Crippen LogP contribution is 2.36. The molecule has 5 amide bonds. The Labute approximate surface area is 191 Å². The fourth-order valence-corrected chi connectivity index (χ4v) is 5.12. The van der Waals surface area contributed by atoms with Gasteiger partial charge in [-0.1, -0.05) is 12.8 Å². The first kappa shape index (κ1) is 21.5. The van der Waals surface area contributed by atoms with Crippen molar-refractivity contribution >= 4 is 29.4 Å². The van der Waals surface area contributed by atoms with Crippen LogP contribution in [0.2, 0.25) is 0 Å². The normalized spacial score (nSPS) is 23.4. The van der Waals surface area contributed by atoms with Gasteiger partial charge in [-0.05, 0) is 31.4 Å². The lowest BCUT2D eigenvalue weighted by Gasteiger charge is -2.22. The molecule has 1 saturated carbocycles. The maximum Gasteiger partial charge on any atom is 0.325 e. The standard InChI is InChI=1S/C23H28N4O6/c28-19-12-15(14-27(19)16-4-5-17-18(13-16)33-11-10-32-17)20(29)24-8-3-9-26-21(30)23(25-22(26)31)6-1-2-7-23/h4-5,13,15H,1-3,6-12,14H2,(H,24,29)(H,25,31). The summed E-state index contributed by atoms with van der Waals surface area (Å²) >= 11 is 0. The quantitative estimate of drug-likeness (QED) is 0.490. The van der Waals surface area contributed by atoms with E-state index in [9.17, 15) is 19.2 Å². The van der Waals surface area contributed by atoms with E-state index in [4.69, 9.17) is 9.47 Å². The molecule has 10 nitrogen and oxygen atoms in total. The topological polar surface area (TPSA) is 117 Å². The van der Waals surface area contributed by atoms with Gasteiger partial charge in [-0.3, -0.25) is 19.3 Å². The average molecular weight is 456 g/mol. The second-order valence-corrected chi connectivity index (χ2v) is 9.05. The number of imide groups is 1. The van der Waals surface area contributed by atoms with E-state index in [2.05, 4.69) is 10.6 Å². The number of rotatable bonds is 6. The highest BCUT2D eigenvalue weighted by Gasteiger charge is 2.52. The molecule has 5 rings (SSSR count). The number of fused-ring (bicyclic) bond motifs is 1. The van der Waals surface area contributed by atoms with Crippen LogP contribution < -0.4 is 25.0 Å². The molecule has 1 unspecified atom stereocenters. The zero-order valence-corrected chi connectivity index (χ0v) is 18.4. The third-order valence-corrected chi connectivity index (χ3v) is 6.89. The van der Waals surface area contributed by atoms with Crippen LogP contribution in [0.3, 0.4) is 0 Å². The SMILES string of the molecule is O=C(NCCCN1C(=O)NC2(CCCC2)C1=O)C1CC(=O)N(c2ccc3c(c2)OCCO3)C1. The van der Waals surface area contributed by atoms with Gasteiger partial charge in [0.15, 0.2) is 11.5 Å². The first-order valence-electron chi connectivity index (χ1n) is 11.6. The monoisotopic (exact) mass is 456 g/mol. The van der Waals surface area contributed by atoms with Crippen LogP contribution in [0.15, 0.2) is 18.2 Å². The number of ether oxygens (including phenoxy) is 2. The van der Waals surface area contributed by atoms with E-state index in [1.807, 2.05) is 0 Å². The molecule has 0 bridgehead atoms. The summed E-state index contributed by atoms with van der Waals surface area (Å²) in [5, 5.41) is 5.71. The molecule has 1 aromatic carbocycles. The predicted molar refractivity (Wildman–Crippen MR) is 117 cm³/mol. The molecule has 1 atom stereocenters. The molecule has 3 heterocycles. The minimum Gasteiger partial charge on any atom is -0.486 e. The number of benzene rings is 1. The van der Waals surface area contributed by atoms with E-state index in [0.717, 1.165) is 12.8 Å². The Kier molecular flexibility index (Phi) is 5.59. The van der Waals surface area contributed by atoms with Crippen LogP contribution in [0.1, 0.15) is 38.5 Å². The van der Waals surface area contributed by atoms with Crippen LogP contribution in [0.25, 0.3) is 0 Å². The van der Waals surface area contributed by atoms with Crippen LogP contribution in [-0.2, 0) is 14.4 Å². The first-order chi connectivity index (χ1) is 16.0. The minimum absolute atomic E-state index is 0.118. The van der Waals surface area contributed by atoms with Gasteiger partial charge in [0.2, 0.25) is 11.8 Å². The van der Waals surface area contributed by atoms with Crippen LogP contribution in [0.4, 0.5) is 10.5 Å². The maximum absolute atomic E-state index is 12.7. The number of nitrogens with one attached hydrogen (secondary N) is 2. The lowest BCUT2D eigenvalue weighted by molar-refractivity contribution is -0.131. The Hall–Kier alpha value is -3.30. The molecule has 33 heavy (non-hydrogen) atoms. The summed E-state index contributed by atoms with van der Waals surface area (Å²) in [6.45, 7) is 1.84. The first-order valence-corrected chi connectivity index (χ1v) is 11.6. The molecule has 4 aliphatic rings. The predicted octanol–water partition coefficient (Wildman–Crippen LogP) is 1.18. The third kappa shape index (κ3) is 3.98. The lowest BCUT2D eigenvalue weighted by atomic mass is 9.98. The van der Waals surface area contributed by atoms with Crippen molar-refractivity contribution in [2.45, 2.75) is 44.1 Å². The molecular formula is C23H28N4O6. The van der Waals surface area contributed by atoms with Crippen molar-refractivity contribution in [2.24, 2.45) is 5.92 Å². The average Bonchev–Trinajstić information content (AvgIpc) is 3.50. The van der Waals surface area contributed by atoms with Crippen LogP contribution in [0.5, 0.6) is 11.5 Å². The van der Waals surface area contributed by atoms with Gasteiger partial charge in [0.1, 0.15) is 18.8 Å².